The van der Waals surface area contributed by atoms with Crippen molar-refractivity contribution in [2.45, 2.75) is 46.2 Å². The molecule has 0 aromatic rings. The monoisotopic (exact) mass is 170 g/mol. The number of rotatable bonds is 5. The van der Waals surface area contributed by atoms with Crippen LogP contribution in [0.1, 0.15) is 40.0 Å². The summed E-state index contributed by atoms with van der Waals surface area (Å²) < 4.78 is 0. The van der Waals surface area contributed by atoms with Crippen molar-refractivity contribution in [2.24, 2.45) is 17.4 Å². The van der Waals surface area contributed by atoms with E-state index in [0.29, 0.717) is 5.92 Å². The third-order valence-corrected chi connectivity index (χ3v) is 2.08. The Hall–Kier alpha value is -0.340. The van der Waals surface area contributed by atoms with Gasteiger partial charge >= 0.3 is 0 Å². The van der Waals surface area contributed by atoms with E-state index >= 15 is 0 Å². The van der Waals surface area contributed by atoms with Gasteiger partial charge in [-0.1, -0.05) is 31.9 Å². The summed E-state index contributed by atoms with van der Waals surface area (Å²) in [6.45, 7) is 6.40. The highest BCUT2D eigenvalue weighted by Gasteiger charge is 2.03. The Balaban J connectivity index is 3.80. The fraction of sp³-hybridized carbons (Fsp3) is 0.800. The van der Waals surface area contributed by atoms with Crippen molar-refractivity contribution in [3.63, 3.8) is 0 Å². The normalized spacial score (nSPS) is 15.3. The summed E-state index contributed by atoms with van der Waals surface area (Å²) >= 11 is 0. The lowest BCUT2D eigenvalue weighted by molar-refractivity contribution is 0.553. The minimum atomic E-state index is -0.221. The standard InChI is InChI=1S/C10H22N2/c1-4-5-6-8(2)7-9(3)10(11)12/h7,9-10H,4-6,11-12H2,1-3H3. The summed E-state index contributed by atoms with van der Waals surface area (Å²) in [5.41, 5.74) is 12.5. The Morgan fingerprint density at radius 2 is 2.00 bits per heavy atom. The first kappa shape index (κ1) is 11.7. The lowest BCUT2D eigenvalue weighted by Gasteiger charge is -2.12. The van der Waals surface area contributed by atoms with Crippen molar-refractivity contribution in [1.82, 2.24) is 0 Å². The molecule has 0 heterocycles. The van der Waals surface area contributed by atoms with E-state index in [1.165, 1.54) is 24.8 Å². The van der Waals surface area contributed by atoms with Crippen molar-refractivity contribution < 1.29 is 0 Å². The largest absolute Gasteiger partial charge is 0.316 e. The molecule has 1 unspecified atom stereocenters. The summed E-state index contributed by atoms with van der Waals surface area (Å²) in [6, 6.07) is 0. The summed E-state index contributed by atoms with van der Waals surface area (Å²) in [4.78, 5) is 0. The molecule has 2 heteroatoms. The molecule has 2 nitrogen and oxygen atoms in total. The lowest BCUT2D eigenvalue weighted by Crippen LogP contribution is -2.36. The maximum absolute atomic E-state index is 5.55. The summed E-state index contributed by atoms with van der Waals surface area (Å²) in [5.74, 6) is 0.293. The molecule has 0 bridgehead atoms. The second-order valence-electron chi connectivity index (χ2n) is 3.55. The van der Waals surface area contributed by atoms with Crippen molar-refractivity contribution >= 4 is 0 Å². The van der Waals surface area contributed by atoms with Crippen LogP contribution in [-0.4, -0.2) is 6.17 Å². The minimum absolute atomic E-state index is 0.221. The number of hydrogen-bond acceptors (Lipinski definition) is 2. The first-order chi connectivity index (χ1) is 5.57. The highest BCUT2D eigenvalue weighted by Crippen LogP contribution is 2.10. The Morgan fingerprint density at radius 1 is 1.42 bits per heavy atom. The number of hydrogen-bond donors (Lipinski definition) is 2. The molecule has 0 saturated carbocycles. The van der Waals surface area contributed by atoms with Gasteiger partial charge in [0.05, 0.1) is 6.17 Å². The van der Waals surface area contributed by atoms with E-state index in [-0.39, 0.29) is 6.17 Å². The highest BCUT2D eigenvalue weighted by molar-refractivity contribution is 5.01. The van der Waals surface area contributed by atoms with Crippen molar-refractivity contribution in [1.29, 1.82) is 0 Å². The van der Waals surface area contributed by atoms with E-state index < -0.39 is 0 Å². The van der Waals surface area contributed by atoms with Crippen molar-refractivity contribution in [2.75, 3.05) is 0 Å². The Kier molecular flexibility index (Phi) is 6.03. The molecule has 0 rings (SSSR count). The Morgan fingerprint density at radius 3 is 2.42 bits per heavy atom. The van der Waals surface area contributed by atoms with Crippen LogP contribution in [0.2, 0.25) is 0 Å². The summed E-state index contributed by atoms with van der Waals surface area (Å²) in [7, 11) is 0. The van der Waals surface area contributed by atoms with Gasteiger partial charge in [-0.15, -0.1) is 0 Å². The third-order valence-electron chi connectivity index (χ3n) is 2.08. The zero-order valence-electron chi connectivity index (χ0n) is 8.51. The van der Waals surface area contributed by atoms with Gasteiger partial charge in [-0.05, 0) is 19.8 Å². The first-order valence-electron chi connectivity index (χ1n) is 4.76. The number of nitrogens with two attached hydrogens (primary N) is 2. The van der Waals surface area contributed by atoms with Crippen LogP contribution in [0.5, 0.6) is 0 Å². The van der Waals surface area contributed by atoms with Gasteiger partial charge < -0.3 is 11.5 Å². The molecule has 4 N–H and O–H groups in total. The number of unbranched alkanes of at least 4 members (excludes halogenated alkanes) is 1. The molecular formula is C10H22N2. The predicted molar refractivity (Wildman–Crippen MR) is 54.6 cm³/mol. The van der Waals surface area contributed by atoms with E-state index in [0.717, 1.165) is 0 Å². The smallest absolute Gasteiger partial charge is 0.0582 e. The molecule has 0 spiro atoms. The molecule has 0 fully saturated rings. The molecule has 1 atom stereocenters. The van der Waals surface area contributed by atoms with Gasteiger partial charge in [0.25, 0.3) is 0 Å². The molecule has 0 aliphatic rings. The summed E-state index contributed by atoms with van der Waals surface area (Å²) in [6.07, 6.45) is 5.64. The fourth-order valence-electron chi connectivity index (χ4n) is 1.10. The van der Waals surface area contributed by atoms with E-state index in [9.17, 15) is 0 Å². The van der Waals surface area contributed by atoms with Gasteiger partial charge in [-0.25, -0.2) is 0 Å². The van der Waals surface area contributed by atoms with Gasteiger partial charge in [0.2, 0.25) is 0 Å². The minimum Gasteiger partial charge on any atom is -0.316 e. The molecule has 0 aliphatic carbocycles. The van der Waals surface area contributed by atoms with Crippen LogP contribution in [0.4, 0.5) is 0 Å². The van der Waals surface area contributed by atoms with Gasteiger partial charge in [-0.2, -0.15) is 0 Å². The zero-order chi connectivity index (χ0) is 9.56. The zero-order valence-corrected chi connectivity index (χ0v) is 8.51. The van der Waals surface area contributed by atoms with Gasteiger partial charge in [0, 0.05) is 5.92 Å². The van der Waals surface area contributed by atoms with Crippen LogP contribution in [0.25, 0.3) is 0 Å². The van der Waals surface area contributed by atoms with Gasteiger partial charge in [0.15, 0.2) is 0 Å². The van der Waals surface area contributed by atoms with Gasteiger partial charge in [0.1, 0.15) is 0 Å². The fourth-order valence-corrected chi connectivity index (χ4v) is 1.10. The average molecular weight is 170 g/mol. The second kappa shape index (κ2) is 6.21. The number of allylic oxidation sites excluding steroid dienone is 1. The summed E-state index contributed by atoms with van der Waals surface area (Å²) in [5, 5.41) is 0. The molecular weight excluding hydrogens is 148 g/mol. The van der Waals surface area contributed by atoms with Crippen LogP contribution in [0.15, 0.2) is 11.6 Å². The highest BCUT2D eigenvalue weighted by atomic mass is 14.9. The van der Waals surface area contributed by atoms with Crippen molar-refractivity contribution in [3.05, 3.63) is 11.6 Å². The third kappa shape index (κ3) is 5.33. The SMILES string of the molecule is CCCCC(C)=CC(C)C(N)N. The van der Waals surface area contributed by atoms with Crippen LogP contribution in [-0.2, 0) is 0 Å². The molecule has 72 valence electrons. The maximum Gasteiger partial charge on any atom is 0.0582 e. The molecule has 0 aromatic carbocycles. The van der Waals surface area contributed by atoms with Crippen LogP contribution in [0, 0.1) is 5.92 Å². The topological polar surface area (TPSA) is 52.0 Å². The molecule has 0 amide bonds. The average Bonchev–Trinajstić information content (AvgIpc) is 2.00. The van der Waals surface area contributed by atoms with E-state index in [1.807, 2.05) is 0 Å². The Labute approximate surface area is 76.0 Å². The first-order valence-corrected chi connectivity index (χ1v) is 4.76. The van der Waals surface area contributed by atoms with E-state index in [2.05, 4.69) is 26.8 Å². The van der Waals surface area contributed by atoms with E-state index in [4.69, 9.17) is 11.5 Å². The van der Waals surface area contributed by atoms with Crippen LogP contribution >= 0.6 is 0 Å². The molecule has 12 heavy (non-hydrogen) atoms. The van der Waals surface area contributed by atoms with Crippen molar-refractivity contribution in [3.8, 4) is 0 Å². The Bertz CT molecular complexity index is 139. The van der Waals surface area contributed by atoms with E-state index in [1.54, 1.807) is 0 Å². The second-order valence-corrected chi connectivity index (χ2v) is 3.55. The predicted octanol–water partition coefficient (Wildman–Crippen LogP) is 2.00. The molecule has 0 radical (unpaired) electrons. The quantitative estimate of drug-likeness (QED) is 0.490. The molecule has 0 aromatic heterocycles. The molecule has 0 aliphatic heterocycles. The lowest BCUT2D eigenvalue weighted by atomic mass is 10.0. The maximum atomic E-state index is 5.55. The van der Waals surface area contributed by atoms with Crippen LogP contribution < -0.4 is 11.5 Å². The van der Waals surface area contributed by atoms with Gasteiger partial charge in [-0.3, -0.25) is 0 Å². The van der Waals surface area contributed by atoms with Crippen LogP contribution in [0.3, 0.4) is 0 Å². The molecule has 0 saturated heterocycles.